The Kier molecular flexibility index (Phi) is 4.09. The van der Waals surface area contributed by atoms with Gasteiger partial charge in [0.05, 0.1) is 17.8 Å². The number of hydrogen-bond donors (Lipinski definition) is 2. The molecule has 1 fully saturated rings. The van der Waals surface area contributed by atoms with Crippen LogP contribution in [0.2, 0.25) is 0 Å². The van der Waals surface area contributed by atoms with Crippen LogP contribution in [0.1, 0.15) is 50.8 Å². The highest BCUT2D eigenvalue weighted by Crippen LogP contribution is 2.28. The number of rotatable bonds is 3. The van der Waals surface area contributed by atoms with Gasteiger partial charge in [0.15, 0.2) is 0 Å². The Morgan fingerprint density at radius 3 is 2.82 bits per heavy atom. The quantitative estimate of drug-likeness (QED) is 0.900. The van der Waals surface area contributed by atoms with Gasteiger partial charge < -0.3 is 5.11 Å². The van der Waals surface area contributed by atoms with Crippen LogP contribution in [0.15, 0.2) is 9.27 Å². The average molecular weight is 303 g/mol. The third kappa shape index (κ3) is 2.50. The smallest absolute Gasteiger partial charge is 0.281 e. The summed E-state index contributed by atoms with van der Waals surface area (Å²) in [6.07, 6.45) is 5.24. The molecule has 0 aromatic carbocycles. The van der Waals surface area contributed by atoms with Crippen LogP contribution in [0.3, 0.4) is 0 Å². The summed E-state index contributed by atoms with van der Waals surface area (Å²) in [7, 11) is 0. The Hall–Kier alpha value is -0.550. The topological polar surface area (TPSA) is 58.0 Å². The van der Waals surface area contributed by atoms with E-state index in [1.54, 1.807) is 4.68 Å². The fourth-order valence-corrected chi connectivity index (χ4v) is 3.00. The van der Waals surface area contributed by atoms with Gasteiger partial charge in [-0.15, -0.1) is 0 Å². The van der Waals surface area contributed by atoms with E-state index in [4.69, 9.17) is 0 Å². The maximum absolute atomic E-state index is 12.1. The van der Waals surface area contributed by atoms with Gasteiger partial charge in [0.1, 0.15) is 4.47 Å². The molecule has 4 nitrogen and oxygen atoms in total. The summed E-state index contributed by atoms with van der Waals surface area (Å²) in [6, 6.07) is -0.0850. The molecular formula is C12H19BrN2O2. The maximum atomic E-state index is 12.1. The minimum absolute atomic E-state index is 0.0422. The largest absolute Gasteiger partial charge is 0.391 e. The first-order valence-corrected chi connectivity index (χ1v) is 7.11. The molecule has 2 rings (SSSR count). The number of aromatic nitrogens is 2. The van der Waals surface area contributed by atoms with E-state index < -0.39 is 6.10 Å². The molecule has 2 atom stereocenters. The Morgan fingerprint density at radius 1 is 1.47 bits per heavy atom. The van der Waals surface area contributed by atoms with Crippen LogP contribution in [0, 0.1) is 0 Å². The van der Waals surface area contributed by atoms with Gasteiger partial charge in [-0.3, -0.25) is 9.89 Å². The van der Waals surface area contributed by atoms with Crippen LogP contribution in [-0.2, 0) is 6.42 Å². The number of aryl methyl sites for hydroxylation is 1. The lowest BCUT2D eigenvalue weighted by atomic mass is 9.93. The Labute approximate surface area is 109 Å². The van der Waals surface area contributed by atoms with Crippen LogP contribution in [0.4, 0.5) is 0 Å². The molecule has 0 spiro atoms. The van der Waals surface area contributed by atoms with E-state index in [2.05, 4.69) is 28.0 Å². The molecule has 1 aliphatic carbocycles. The Bertz CT molecular complexity index is 438. The molecule has 2 unspecified atom stereocenters. The summed E-state index contributed by atoms with van der Waals surface area (Å²) in [5.74, 6) is 0. The van der Waals surface area contributed by atoms with Crippen LogP contribution in [-0.4, -0.2) is 21.0 Å². The molecule has 1 aromatic heterocycles. The van der Waals surface area contributed by atoms with E-state index in [1.807, 2.05) is 0 Å². The molecule has 1 aromatic rings. The van der Waals surface area contributed by atoms with Crippen molar-refractivity contribution < 1.29 is 5.11 Å². The number of aromatic amines is 1. The summed E-state index contributed by atoms with van der Waals surface area (Å²) in [4.78, 5) is 12.1. The molecule has 0 saturated heterocycles. The van der Waals surface area contributed by atoms with Crippen molar-refractivity contribution in [2.24, 2.45) is 0 Å². The van der Waals surface area contributed by atoms with Gasteiger partial charge in [-0.1, -0.05) is 26.2 Å². The molecule has 0 radical (unpaired) electrons. The number of nitrogens with one attached hydrogen (secondary N) is 1. The van der Waals surface area contributed by atoms with Gasteiger partial charge in [-0.2, -0.15) is 0 Å². The van der Waals surface area contributed by atoms with Crippen LogP contribution >= 0.6 is 15.9 Å². The summed E-state index contributed by atoms with van der Waals surface area (Å²) in [5.41, 5.74) is 0.898. The summed E-state index contributed by atoms with van der Waals surface area (Å²) < 4.78 is 2.23. The normalized spacial score (nSPS) is 25.1. The fraction of sp³-hybridized carbons (Fsp3) is 0.750. The Balaban J connectivity index is 2.31. The van der Waals surface area contributed by atoms with Crippen LogP contribution in [0.5, 0.6) is 0 Å². The summed E-state index contributed by atoms with van der Waals surface area (Å²) in [6.45, 7) is 2.08. The molecular weight excluding hydrogens is 284 g/mol. The van der Waals surface area contributed by atoms with Crippen molar-refractivity contribution in [3.8, 4) is 0 Å². The third-order valence-electron chi connectivity index (χ3n) is 3.45. The number of nitrogens with zero attached hydrogens (tertiary/aromatic N) is 1. The number of H-pyrrole nitrogens is 1. The summed E-state index contributed by atoms with van der Waals surface area (Å²) >= 11 is 3.34. The van der Waals surface area contributed by atoms with Gasteiger partial charge in [0, 0.05) is 0 Å². The predicted molar refractivity (Wildman–Crippen MR) is 70.3 cm³/mol. The SMILES string of the molecule is CCCc1[nH]n(C2CCCCC2O)c(=O)c1Br. The molecule has 0 aliphatic heterocycles. The zero-order valence-electron chi connectivity index (χ0n) is 10.1. The summed E-state index contributed by atoms with van der Waals surface area (Å²) in [5, 5.41) is 13.1. The van der Waals surface area contributed by atoms with E-state index in [0.29, 0.717) is 4.47 Å². The number of halogens is 1. The van der Waals surface area contributed by atoms with Crippen molar-refractivity contribution in [3.63, 3.8) is 0 Å². The first-order chi connectivity index (χ1) is 8.15. The molecule has 96 valence electrons. The molecule has 0 bridgehead atoms. The van der Waals surface area contributed by atoms with E-state index in [0.717, 1.165) is 44.2 Å². The molecule has 1 aliphatic rings. The van der Waals surface area contributed by atoms with E-state index >= 15 is 0 Å². The van der Waals surface area contributed by atoms with Gasteiger partial charge >= 0.3 is 0 Å². The molecule has 2 N–H and O–H groups in total. The standard InChI is InChI=1S/C12H19BrN2O2/c1-2-5-8-11(13)12(17)15(14-8)9-6-3-4-7-10(9)16/h9-10,14,16H,2-7H2,1H3. The number of aliphatic hydroxyl groups is 1. The van der Waals surface area contributed by atoms with Gasteiger partial charge in [0.2, 0.25) is 0 Å². The van der Waals surface area contributed by atoms with Crippen molar-refractivity contribution in [1.29, 1.82) is 0 Å². The highest BCUT2D eigenvalue weighted by molar-refractivity contribution is 9.10. The molecule has 1 heterocycles. The lowest BCUT2D eigenvalue weighted by molar-refractivity contribution is 0.0676. The van der Waals surface area contributed by atoms with Crippen LogP contribution in [0.25, 0.3) is 0 Å². The van der Waals surface area contributed by atoms with Crippen molar-refractivity contribution in [2.45, 2.75) is 57.6 Å². The Morgan fingerprint density at radius 2 is 2.18 bits per heavy atom. The van der Waals surface area contributed by atoms with E-state index in [1.165, 1.54) is 0 Å². The molecule has 0 amide bonds. The molecule has 1 saturated carbocycles. The maximum Gasteiger partial charge on any atom is 0.281 e. The lowest BCUT2D eigenvalue weighted by Crippen LogP contribution is -2.33. The zero-order chi connectivity index (χ0) is 12.4. The first kappa shape index (κ1) is 12.9. The van der Waals surface area contributed by atoms with Crippen molar-refractivity contribution >= 4 is 15.9 Å². The van der Waals surface area contributed by atoms with Gasteiger partial charge in [-0.25, -0.2) is 4.68 Å². The van der Waals surface area contributed by atoms with E-state index in [9.17, 15) is 9.90 Å². The number of hydrogen-bond acceptors (Lipinski definition) is 2. The second-order valence-electron chi connectivity index (χ2n) is 4.75. The van der Waals surface area contributed by atoms with Crippen molar-refractivity contribution in [2.75, 3.05) is 0 Å². The van der Waals surface area contributed by atoms with E-state index in [-0.39, 0.29) is 11.6 Å². The second kappa shape index (κ2) is 5.40. The fourth-order valence-electron chi connectivity index (χ4n) is 2.52. The third-order valence-corrected chi connectivity index (χ3v) is 4.27. The van der Waals surface area contributed by atoms with Gasteiger partial charge in [-0.05, 0) is 35.2 Å². The minimum atomic E-state index is -0.401. The minimum Gasteiger partial charge on any atom is -0.391 e. The monoisotopic (exact) mass is 302 g/mol. The first-order valence-electron chi connectivity index (χ1n) is 6.32. The molecule has 17 heavy (non-hydrogen) atoms. The second-order valence-corrected chi connectivity index (χ2v) is 5.54. The highest BCUT2D eigenvalue weighted by atomic mass is 79.9. The lowest BCUT2D eigenvalue weighted by Gasteiger charge is -2.27. The van der Waals surface area contributed by atoms with Crippen molar-refractivity contribution in [1.82, 2.24) is 9.78 Å². The van der Waals surface area contributed by atoms with Gasteiger partial charge in [0.25, 0.3) is 5.56 Å². The highest BCUT2D eigenvalue weighted by Gasteiger charge is 2.27. The molecule has 5 heteroatoms. The van der Waals surface area contributed by atoms with Crippen molar-refractivity contribution in [3.05, 3.63) is 20.5 Å². The number of aliphatic hydroxyl groups excluding tert-OH is 1. The predicted octanol–water partition coefficient (Wildman–Crippen LogP) is 2.37. The van der Waals surface area contributed by atoms with Crippen LogP contribution < -0.4 is 5.56 Å². The zero-order valence-corrected chi connectivity index (χ0v) is 11.7. The average Bonchev–Trinajstić information content (AvgIpc) is 2.59.